The van der Waals surface area contributed by atoms with Crippen molar-refractivity contribution in [1.29, 1.82) is 0 Å². The van der Waals surface area contributed by atoms with E-state index in [0.29, 0.717) is 52.2 Å². The first-order chi connectivity index (χ1) is 19.8. The van der Waals surface area contributed by atoms with Crippen molar-refractivity contribution in [2.45, 2.75) is 52.2 Å². The van der Waals surface area contributed by atoms with Gasteiger partial charge in [-0.25, -0.2) is 13.8 Å². The summed E-state index contributed by atoms with van der Waals surface area (Å²) >= 11 is 0. The Labute approximate surface area is 243 Å². The number of nitrogens with one attached hydrogen (secondary N) is 1. The molecule has 0 bridgehead atoms. The molecule has 2 aromatic carbocycles. The molecule has 4 aromatic rings. The van der Waals surface area contributed by atoms with Gasteiger partial charge in [-0.15, -0.1) is 5.10 Å². The van der Waals surface area contributed by atoms with Crippen LogP contribution in [0.4, 0.5) is 8.78 Å². The number of aryl methyl sites for hydroxylation is 1. The van der Waals surface area contributed by atoms with Crippen LogP contribution in [0.2, 0.25) is 0 Å². The van der Waals surface area contributed by atoms with Gasteiger partial charge in [-0.1, -0.05) is 13.8 Å². The summed E-state index contributed by atoms with van der Waals surface area (Å²) in [6, 6.07) is 12.0. The van der Waals surface area contributed by atoms with E-state index >= 15 is 4.39 Å². The third kappa shape index (κ3) is 5.20. The minimum atomic E-state index is -1.56. The van der Waals surface area contributed by atoms with Gasteiger partial charge in [-0.05, 0) is 75.7 Å². The number of aromatic nitrogens is 3. The fourth-order valence-corrected chi connectivity index (χ4v) is 5.48. The van der Waals surface area contributed by atoms with Crippen LogP contribution in [0.5, 0.6) is 5.75 Å². The van der Waals surface area contributed by atoms with Crippen LogP contribution in [0.15, 0.2) is 48.5 Å². The third-order valence-electron chi connectivity index (χ3n) is 8.07. The van der Waals surface area contributed by atoms with Gasteiger partial charge in [0.1, 0.15) is 28.4 Å². The molecule has 1 atom stereocenters. The highest BCUT2D eigenvalue weighted by Gasteiger charge is 2.53. The minimum absolute atomic E-state index is 0.0135. The smallest absolute Gasteiger partial charge is 0.251 e. The molecule has 2 N–H and O–H groups in total. The van der Waals surface area contributed by atoms with Gasteiger partial charge in [-0.3, -0.25) is 4.79 Å². The average molecular weight is 577 g/mol. The monoisotopic (exact) mass is 576 g/mol. The van der Waals surface area contributed by atoms with Crippen LogP contribution in [0, 0.1) is 24.0 Å². The maximum Gasteiger partial charge on any atom is 0.251 e. The largest absolute Gasteiger partial charge is 0.494 e. The van der Waals surface area contributed by atoms with Gasteiger partial charge < -0.3 is 19.9 Å². The topological polar surface area (TPSA) is 106 Å². The van der Waals surface area contributed by atoms with Crippen LogP contribution >= 0.6 is 0 Å². The third-order valence-corrected chi connectivity index (χ3v) is 8.07. The Bertz CT molecular complexity index is 1670. The molecule has 220 valence electrons. The van der Waals surface area contributed by atoms with Gasteiger partial charge >= 0.3 is 0 Å². The number of methoxy groups -OCH3 is 1. The fourth-order valence-electron chi connectivity index (χ4n) is 5.48. The van der Waals surface area contributed by atoms with E-state index in [0.717, 1.165) is 0 Å². The van der Waals surface area contributed by atoms with Crippen molar-refractivity contribution in [3.05, 3.63) is 82.7 Å². The second-order valence-corrected chi connectivity index (χ2v) is 11.9. The summed E-state index contributed by atoms with van der Waals surface area (Å²) in [6.45, 7) is 9.17. The quantitative estimate of drug-likeness (QED) is 0.296. The number of carbonyl (C=O) groups excluding carboxylic acids is 1. The van der Waals surface area contributed by atoms with Crippen molar-refractivity contribution >= 4 is 16.8 Å². The predicted molar refractivity (Wildman–Crippen MR) is 154 cm³/mol. The second kappa shape index (κ2) is 10.7. The Kier molecular flexibility index (Phi) is 7.49. The number of halogens is 2. The number of nitrogens with zero attached hydrogens (tertiary/aromatic N) is 3. The summed E-state index contributed by atoms with van der Waals surface area (Å²) in [5.41, 5.74) is -1.02. The molecule has 1 saturated heterocycles. The highest BCUT2D eigenvalue weighted by Crippen LogP contribution is 2.50. The van der Waals surface area contributed by atoms with Gasteiger partial charge in [0, 0.05) is 34.1 Å². The van der Waals surface area contributed by atoms with Crippen LogP contribution < -0.4 is 10.1 Å². The summed E-state index contributed by atoms with van der Waals surface area (Å²) in [4.78, 5) is 18.3. The second-order valence-electron chi connectivity index (χ2n) is 11.9. The molecular weight excluding hydrogens is 542 g/mol. The van der Waals surface area contributed by atoms with Gasteiger partial charge in [0.05, 0.1) is 30.6 Å². The molecule has 0 spiro atoms. The number of benzene rings is 2. The Morgan fingerprint density at radius 2 is 1.83 bits per heavy atom. The molecule has 2 aromatic heterocycles. The lowest BCUT2D eigenvalue weighted by Gasteiger charge is -2.40. The molecular formula is C32H34F2N4O4. The molecule has 0 radical (unpaired) electrons. The van der Waals surface area contributed by atoms with E-state index < -0.39 is 28.3 Å². The van der Waals surface area contributed by atoms with Crippen molar-refractivity contribution in [2.75, 3.05) is 20.3 Å². The zero-order chi connectivity index (χ0) is 30.4. The van der Waals surface area contributed by atoms with Crippen molar-refractivity contribution in [3.63, 3.8) is 0 Å². The fraction of sp³-hybridized carbons (Fsp3) is 0.375. The molecule has 0 unspecified atom stereocenters. The number of aliphatic hydroxyl groups is 1. The number of rotatable bonds is 7. The van der Waals surface area contributed by atoms with Gasteiger partial charge in [0.2, 0.25) is 0 Å². The van der Waals surface area contributed by atoms with Crippen LogP contribution in [-0.4, -0.2) is 46.5 Å². The maximum absolute atomic E-state index is 15.9. The minimum Gasteiger partial charge on any atom is -0.494 e. The van der Waals surface area contributed by atoms with E-state index in [4.69, 9.17) is 14.5 Å². The number of amides is 1. The van der Waals surface area contributed by atoms with E-state index in [9.17, 15) is 14.3 Å². The molecule has 1 aliphatic heterocycles. The van der Waals surface area contributed by atoms with E-state index in [1.54, 1.807) is 12.1 Å². The molecule has 1 aliphatic rings. The SMILES string of the molecule is COc1cc(C(=O)NC[C@@]2(c3cc(C(C)(C)O)c(F)c(-c4ccc(F)cc4)n3)OCCC2(C)C)cc2cc(C)nnc12. The number of pyridine rings is 1. The van der Waals surface area contributed by atoms with Crippen LogP contribution in [0.1, 0.15) is 61.4 Å². The molecule has 1 fully saturated rings. The highest BCUT2D eigenvalue weighted by molar-refractivity contribution is 5.99. The number of ether oxygens (including phenoxy) is 2. The van der Waals surface area contributed by atoms with Crippen molar-refractivity contribution in [3.8, 4) is 17.0 Å². The molecule has 42 heavy (non-hydrogen) atoms. The van der Waals surface area contributed by atoms with E-state index in [-0.39, 0.29) is 23.7 Å². The number of hydrogen-bond acceptors (Lipinski definition) is 7. The summed E-state index contributed by atoms with van der Waals surface area (Å²) in [7, 11) is 1.50. The number of fused-ring (bicyclic) bond motifs is 1. The highest BCUT2D eigenvalue weighted by atomic mass is 19.1. The van der Waals surface area contributed by atoms with Gasteiger partial charge in [0.25, 0.3) is 5.91 Å². The zero-order valence-electron chi connectivity index (χ0n) is 24.5. The normalized spacial score (nSPS) is 18.3. The van der Waals surface area contributed by atoms with Crippen molar-refractivity contribution < 1.29 is 28.2 Å². The van der Waals surface area contributed by atoms with Crippen LogP contribution in [-0.2, 0) is 15.9 Å². The maximum atomic E-state index is 15.9. The first-order valence-electron chi connectivity index (χ1n) is 13.7. The van der Waals surface area contributed by atoms with Crippen LogP contribution in [0.3, 0.4) is 0 Å². The van der Waals surface area contributed by atoms with E-state index in [1.807, 2.05) is 26.8 Å². The van der Waals surface area contributed by atoms with Crippen molar-refractivity contribution in [1.82, 2.24) is 20.5 Å². The summed E-state index contributed by atoms with van der Waals surface area (Å²) in [5.74, 6) is -1.14. The molecule has 3 heterocycles. The molecule has 0 saturated carbocycles. The van der Waals surface area contributed by atoms with E-state index in [2.05, 4.69) is 15.5 Å². The number of hydrogen-bond donors (Lipinski definition) is 2. The predicted octanol–water partition coefficient (Wildman–Crippen LogP) is 5.59. The standard InChI is InChI=1S/C32H34F2N4O4/c1-18-13-20-14-21(15-24(41-6)27(20)38-37-18)29(39)35-17-32(30(2,3)11-12-42-32)25-16-23(31(4,5)40)26(34)28(36-25)19-7-9-22(33)10-8-19/h7-10,13-16,40H,11-12,17H2,1-6H3,(H,35,39)/t32-/m0/s1. The first kappa shape index (κ1) is 29.5. The summed E-state index contributed by atoms with van der Waals surface area (Å²) in [5, 5.41) is 22.9. The lowest BCUT2D eigenvalue weighted by Crippen LogP contribution is -2.49. The molecule has 1 amide bonds. The lowest BCUT2D eigenvalue weighted by atomic mass is 9.71. The summed E-state index contributed by atoms with van der Waals surface area (Å²) in [6.07, 6.45) is 0.646. The lowest BCUT2D eigenvalue weighted by molar-refractivity contribution is -0.0576. The molecule has 5 rings (SSSR count). The first-order valence-corrected chi connectivity index (χ1v) is 13.7. The van der Waals surface area contributed by atoms with Gasteiger partial charge in [0.15, 0.2) is 5.82 Å². The van der Waals surface area contributed by atoms with Gasteiger partial charge in [-0.2, -0.15) is 5.10 Å². The Morgan fingerprint density at radius 1 is 1.12 bits per heavy atom. The Morgan fingerprint density at radius 3 is 2.45 bits per heavy atom. The van der Waals surface area contributed by atoms with Crippen molar-refractivity contribution in [2.24, 2.45) is 5.41 Å². The molecule has 0 aliphatic carbocycles. The Balaban J connectivity index is 1.59. The van der Waals surface area contributed by atoms with E-state index in [1.165, 1.54) is 51.3 Å². The van der Waals surface area contributed by atoms with Crippen LogP contribution in [0.25, 0.3) is 22.2 Å². The zero-order valence-corrected chi connectivity index (χ0v) is 24.5. The Hall–Kier alpha value is -4.02. The molecule has 10 heteroatoms. The number of carbonyl (C=O) groups is 1. The molecule has 8 nitrogen and oxygen atoms in total. The summed E-state index contributed by atoms with van der Waals surface area (Å²) < 4.78 is 41.4. The average Bonchev–Trinajstić information content (AvgIpc) is 3.25.